The van der Waals surface area contributed by atoms with E-state index < -0.39 is 0 Å². The van der Waals surface area contributed by atoms with Crippen LogP contribution in [-0.2, 0) is 41.6 Å². The molecule has 10 aliphatic heterocycles. The third-order valence-corrected chi connectivity index (χ3v) is 7.78. The van der Waals surface area contributed by atoms with E-state index in [0.29, 0.717) is 119 Å². The fraction of sp³-hybridized carbons (Fsp3) is 0.429. The van der Waals surface area contributed by atoms with Crippen LogP contribution >= 0.6 is 0 Å². The molecule has 10 aliphatic rings. The van der Waals surface area contributed by atoms with Crippen molar-refractivity contribution in [2.45, 2.75) is 13.2 Å². The van der Waals surface area contributed by atoms with Crippen molar-refractivity contribution in [1.82, 2.24) is 0 Å². The molecule has 0 radical (unpaired) electrons. The standard InChI is InChI=1S/C42H52O12/c1-5-37-6-2-35(1)33-53-41-13-9-39(10-14-41)51-31-27-47-23-19-44-20-24-48-28-32-52-40-11-15-42(16-12-40)54-34-36-3-7-38(8-4-36)50-30-26-46-22-18-43-17-21-45-25-29-49-37/h1-16H,17-34H2. The lowest BCUT2D eigenvalue weighted by molar-refractivity contribution is 0.00498. The number of hydrogen-bond acceptors (Lipinski definition) is 12. The smallest absolute Gasteiger partial charge is 0.120 e. The summed E-state index contributed by atoms with van der Waals surface area (Å²) >= 11 is 0. The van der Waals surface area contributed by atoms with Crippen LogP contribution in [0.1, 0.15) is 11.1 Å². The van der Waals surface area contributed by atoms with Gasteiger partial charge in [-0.25, -0.2) is 0 Å². The average Bonchev–Trinajstić information content (AvgIpc) is 3.21. The first-order valence-corrected chi connectivity index (χ1v) is 18.4. The highest BCUT2D eigenvalue weighted by molar-refractivity contribution is 5.33. The summed E-state index contributed by atoms with van der Waals surface area (Å²) in [6.45, 7) is 8.40. The van der Waals surface area contributed by atoms with Crippen LogP contribution < -0.4 is 28.4 Å². The van der Waals surface area contributed by atoms with Crippen molar-refractivity contribution in [2.24, 2.45) is 0 Å². The van der Waals surface area contributed by atoms with Crippen LogP contribution in [0, 0.1) is 0 Å². The van der Waals surface area contributed by atoms with Crippen LogP contribution in [0.3, 0.4) is 0 Å². The highest BCUT2D eigenvalue weighted by Gasteiger charge is 2.03. The number of ether oxygens (including phenoxy) is 12. The predicted octanol–water partition coefficient (Wildman–Crippen LogP) is 6.17. The molecule has 12 heteroatoms. The molecule has 0 atom stereocenters. The van der Waals surface area contributed by atoms with Crippen LogP contribution in [0.5, 0.6) is 34.5 Å². The van der Waals surface area contributed by atoms with Gasteiger partial charge in [0.15, 0.2) is 0 Å². The average molecular weight is 749 g/mol. The molecule has 54 heavy (non-hydrogen) atoms. The Morgan fingerprint density at radius 1 is 0.204 bits per heavy atom. The van der Waals surface area contributed by atoms with E-state index in [0.717, 1.165) is 45.6 Å². The molecule has 0 aromatic heterocycles. The number of rotatable bonds is 0. The Kier molecular flexibility index (Phi) is 19.1. The van der Waals surface area contributed by atoms with Gasteiger partial charge in [0.25, 0.3) is 0 Å². The maximum atomic E-state index is 5.93. The molecule has 4 aromatic rings. The van der Waals surface area contributed by atoms with E-state index in [1.54, 1.807) is 0 Å². The van der Waals surface area contributed by atoms with Gasteiger partial charge in [0.1, 0.15) is 74.1 Å². The number of benzene rings is 4. The van der Waals surface area contributed by atoms with Gasteiger partial charge in [-0.1, -0.05) is 24.3 Å². The highest BCUT2D eigenvalue weighted by atomic mass is 16.6. The Balaban J connectivity index is 0.988. The van der Waals surface area contributed by atoms with Gasteiger partial charge < -0.3 is 56.8 Å². The molecule has 0 amide bonds. The normalized spacial score (nSPS) is 17.5. The lowest BCUT2D eigenvalue weighted by Gasteiger charge is -2.11. The minimum absolute atomic E-state index is 0.439. The predicted molar refractivity (Wildman–Crippen MR) is 201 cm³/mol. The zero-order chi connectivity index (χ0) is 37.1. The first-order valence-electron chi connectivity index (χ1n) is 18.4. The Hall–Kier alpha value is -4.56. The van der Waals surface area contributed by atoms with Crippen LogP contribution in [-0.4, -0.2) is 106 Å². The fourth-order valence-corrected chi connectivity index (χ4v) is 4.92. The van der Waals surface area contributed by atoms with E-state index in [4.69, 9.17) is 56.8 Å². The van der Waals surface area contributed by atoms with Crippen LogP contribution in [0.2, 0.25) is 0 Å². The summed E-state index contributed by atoms with van der Waals surface area (Å²) in [5.74, 6) is 4.57. The van der Waals surface area contributed by atoms with Crippen molar-refractivity contribution < 1.29 is 56.8 Å². The van der Waals surface area contributed by atoms with Gasteiger partial charge >= 0.3 is 0 Å². The quantitative estimate of drug-likeness (QED) is 0.205. The summed E-state index contributed by atoms with van der Waals surface area (Å²) in [5, 5.41) is 0. The van der Waals surface area contributed by atoms with Crippen LogP contribution in [0.4, 0.5) is 0 Å². The molecule has 0 spiro atoms. The fourth-order valence-electron chi connectivity index (χ4n) is 4.92. The lowest BCUT2D eigenvalue weighted by Crippen LogP contribution is -2.14. The lowest BCUT2D eigenvalue weighted by atomic mass is 10.2. The number of hydrogen-bond donors (Lipinski definition) is 0. The molecular formula is C42H52O12. The molecule has 0 N–H and O–H groups in total. The summed E-state index contributed by atoms with van der Waals surface area (Å²) in [4.78, 5) is 0. The van der Waals surface area contributed by atoms with E-state index >= 15 is 0 Å². The maximum Gasteiger partial charge on any atom is 0.120 e. The molecule has 8 bridgehead atoms. The Morgan fingerprint density at radius 3 is 0.630 bits per heavy atom. The summed E-state index contributed by atoms with van der Waals surface area (Å²) < 4.78 is 68.6. The van der Waals surface area contributed by atoms with Crippen molar-refractivity contribution in [3.63, 3.8) is 0 Å². The van der Waals surface area contributed by atoms with Crippen molar-refractivity contribution in [2.75, 3.05) is 106 Å². The third kappa shape index (κ3) is 17.1. The molecule has 292 valence electrons. The Labute approximate surface area is 318 Å². The van der Waals surface area contributed by atoms with E-state index in [2.05, 4.69) is 0 Å². The second-order valence-electron chi connectivity index (χ2n) is 11.9. The zero-order valence-corrected chi connectivity index (χ0v) is 30.9. The summed E-state index contributed by atoms with van der Waals surface area (Å²) in [5.41, 5.74) is 2.07. The van der Waals surface area contributed by atoms with Crippen molar-refractivity contribution in [1.29, 1.82) is 0 Å². The van der Waals surface area contributed by atoms with E-state index in [1.165, 1.54) is 0 Å². The Morgan fingerprint density at radius 2 is 0.389 bits per heavy atom. The SMILES string of the molecule is c1cc2ccc1COc1ccc(cc1)OCCOCCOCCOCCOc1ccc(cc1)OCc1ccc(cc1)OCCOCCOCCOCCO2. The van der Waals surface area contributed by atoms with E-state index in [1.807, 2.05) is 97.1 Å². The van der Waals surface area contributed by atoms with Crippen LogP contribution in [0.15, 0.2) is 97.1 Å². The van der Waals surface area contributed by atoms with Gasteiger partial charge in [0.05, 0.1) is 79.3 Å². The molecule has 0 aliphatic carbocycles. The molecule has 4 aromatic carbocycles. The zero-order valence-electron chi connectivity index (χ0n) is 30.9. The van der Waals surface area contributed by atoms with Crippen molar-refractivity contribution >= 4 is 0 Å². The molecule has 14 rings (SSSR count). The minimum atomic E-state index is 0.439. The molecular weight excluding hydrogens is 696 g/mol. The molecule has 0 saturated heterocycles. The highest BCUT2D eigenvalue weighted by Crippen LogP contribution is 2.21. The van der Waals surface area contributed by atoms with Gasteiger partial charge in [-0.2, -0.15) is 0 Å². The minimum Gasteiger partial charge on any atom is -0.491 e. The summed E-state index contributed by atoms with van der Waals surface area (Å²) in [6, 6.07) is 30.7. The summed E-state index contributed by atoms with van der Waals surface area (Å²) in [6.07, 6.45) is 0. The monoisotopic (exact) mass is 748 g/mol. The van der Waals surface area contributed by atoms with Gasteiger partial charge in [-0.05, 0) is 83.9 Å². The van der Waals surface area contributed by atoms with E-state index in [-0.39, 0.29) is 0 Å². The Bertz CT molecular complexity index is 1280. The van der Waals surface area contributed by atoms with E-state index in [9.17, 15) is 0 Å². The first-order chi connectivity index (χ1) is 26.8. The van der Waals surface area contributed by atoms with Crippen molar-refractivity contribution in [3.05, 3.63) is 108 Å². The molecule has 10 heterocycles. The van der Waals surface area contributed by atoms with Crippen molar-refractivity contribution in [3.8, 4) is 34.5 Å². The van der Waals surface area contributed by atoms with Gasteiger partial charge in [0, 0.05) is 0 Å². The summed E-state index contributed by atoms with van der Waals surface area (Å²) in [7, 11) is 0. The maximum absolute atomic E-state index is 5.93. The largest absolute Gasteiger partial charge is 0.491 e. The molecule has 0 unspecified atom stereocenters. The van der Waals surface area contributed by atoms with Crippen LogP contribution in [0.25, 0.3) is 0 Å². The van der Waals surface area contributed by atoms with Gasteiger partial charge in [-0.15, -0.1) is 0 Å². The van der Waals surface area contributed by atoms with Gasteiger partial charge in [0.2, 0.25) is 0 Å². The third-order valence-electron chi connectivity index (χ3n) is 7.78. The topological polar surface area (TPSA) is 111 Å². The second kappa shape index (κ2) is 25.5. The first kappa shape index (κ1) is 40.6. The molecule has 0 saturated carbocycles. The molecule has 0 fully saturated rings. The second-order valence-corrected chi connectivity index (χ2v) is 11.9. The van der Waals surface area contributed by atoms with Gasteiger partial charge in [-0.3, -0.25) is 0 Å². The molecule has 12 nitrogen and oxygen atoms in total.